The first-order valence-electron chi connectivity index (χ1n) is 9.20. The first kappa shape index (κ1) is 18.8. The lowest BCUT2D eigenvalue weighted by Gasteiger charge is -2.33. The number of benzene rings is 1. The molecule has 0 aliphatic carbocycles. The highest BCUT2D eigenvalue weighted by molar-refractivity contribution is 5.83. The van der Waals surface area contributed by atoms with Crippen molar-refractivity contribution in [3.63, 3.8) is 0 Å². The summed E-state index contributed by atoms with van der Waals surface area (Å²) in [5, 5.41) is 3.23. The molecule has 1 aromatic carbocycles. The maximum atomic E-state index is 13.3. The van der Waals surface area contributed by atoms with Gasteiger partial charge in [0.05, 0.1) is 19.1 Å². The fraction of sp³-hybridized carbons (Fsp3) is 0.579. The zero-order chi connectivity index (χ0) is 18.5. The minimum atomic E-state index is -0.334. The molecule has 0 unspecified atom stereocenters. The molecule has 0 aromatic heterocycles. The van der Waals surface area contributed by atoms with Crippen LogP contribution in [0.5, 0.6) is 0 Å². The Balaban J connectivity index is 1.55. The molecule has 2 aliphatic rings. The quantitative estimate of drug-likeness (QED) is 0.863. The van der Waals surface area contributed by atoms with Gasteiger partial charge in [0.15, 0.2) is 0 Å². The van der Waals surface area contributed by atoms with Gasteiger partial charge in [-0.15, -0.1) is 0 Å². The summed E-state index contributed by atoms with van der Waals surface area (Å²) in [5.41, 5.74) is 0.671. The second kappa shape index (κ2) is 8.60. The van der Waals surface area contributed by atoms with Crippen LogP contribution >= 0.6 is 0 Å². The summed E-state index contributed by atoms with van der Waals surface area (Å²) >= 11 is 0. The molecule has 142 valence electrons. The van der Waals surface area contributed by atoms with Crippen molar-refractivity contribution in [1.82, 2.24) is 15.1 Å². The molecule has 0 radical (unpaired) electrons. The summed E-state index contributed by atoms with van der Waals surface area (Å²) in [5.74, 6) is -0.326. The third-order valence-corrected chi connectivity index (χ3v) is 4.99. The lowest BCUT2D eigenvalue weighted by Crippen LogP contribution is -2.56. The first-order valence-corrected chi connectivity index (χ1v) is 9.20. The van der Waals surface area contributed by atoms with E-state index in [1.165, 1.54) is 12.1 Å². The van der Waals surface area contributed by atoms with Gasteiger partial charge in [-0.2, -0.15) is 0 Å². The Morgan fingerprint density at radius 2 is 2.00 bits per heavy atom. The second-order valence-electron chi connectivity index (χ2n) is 6.87. The average molecular weight is 363 g/mol. The zero-order valence-corrected chi connectivity index (χ0v) is 15.1. The van der Waals surface area contributed by atoms with Crippen LogP contribution in [0.15, 0.2) is 24.3 Å². The molecule has 0 bridgehead atoms. The minimum Gasteiger partial charge on any atom is -0.375 e. The van der Waals surface area contributed by atoms with Gasteiger partial charge in [-0.1, -0.05) is 12.1 Å². The summed E-state index contributed by atoms with van der Waals surface area (Å²) in [6.45, 7) is 5.46. The predicted molar refractivity (Wildman–Crippen MR) is 95.1 cm³/mol. The van der Waals surface area contributed by atoms with E-state index in [4.69, 9.17) is 4.74 Å². The average Bonchev–Trinajstić information content (AvgIpc) is 2.88. The second-order valence-corrected chi connectivity index (χ2v) is 6.87. The molecule has 0 spiro atoms. The van der Waals surface area contributed by atoms with Crippen molar-refractivity contribution in [1.29, 1.82) is 0 Å². The lowest BCUT2D eigenvalue weighted by atomic mass is 10.1. The van der Waals surface area contributed by atoms with Gasteiger partial charge < -0.3 is 19.9 Å². The Labute approximate surface area is 153 Å². The molecule has 6 nitrogen and oxygen atoms in total. The highest BCUT2D eigenvalue weighted by Crippen LogP contribution is 2.12. The summed E-state index contributed by atoms with van der Waals surface area (Å²) in [6.07, 6.45) is 0.772. The van der Waals surface area contributed by atoms with Crippen LogP contribution in [0.3, 0.4) is 0 Å². The zero-order valence-electron chi connectivity index (χ0n) is 15.1. The van der Waals surface area contributed by atoms with Crippen molar-refractivity contribution in [2.24, 2.45) is 0 Å². The van der Waals surface area contributed by atoms with Crippen LogP contribution in [-0.4, -0.2) is 73.1 Å². The van der Waals surface area contributed by atoms with Crippen LogP contribution in [0.1, 0.15) is 18.9 Å². The summed E-state index contributed by atoms with van der Waals surface area (Å²) in [6, 6.07) is 5.81. The van der Waals surface area contributed by atoms with Crippen molar-refractivity contribution in [3.8, 4) is 0 Å². The maximum Gasteiger partial charge on any atom is 0.242 e. The number of hydrogen-bond donors (Lipinski definition) is 1. The molecule has 0 saturated carbocycles. The van der Waals surface area contributed by atoms with E-state index in [1.54, 1.807) is 17.0 Å². The van der Waals surface area contributed by atoms with Gasteiger partial charge in [-0.25, -0.2) is 4.39 Å². The largest absolute Gasteiger partial charge is 0.375 e. The third-order valence-electron chi connectivity index (χ3n) is 4.99. The van der Waals surface area contributed by atoms with Crippen molar-refractivity contribution < 1.29 is 18.7 Å². The molecule has 2 amide bonds. The van der Waals surface area contributed by atoms with E-state index in [0.29, 0.717) is 44.9 Å². The van der Waals surface area contributed by atoms with Crippen molar-refractivity contribution >= 4 is 11.8 Å². The van der Waals surface area contributed by atoms with Crippen LogP contribution in [0.4, 0.5) is 4.39 Å². The van der Waals surface area contributed by atoms with Crippen LogP contribution in [0, 0.1) is 5.82 Å². The molecule has 2 saturated heterocycles. The number of carbonyl (C=O) groups excluding carboxylic acids is 2. The normalized spacial score (nSPS) is 24.2. The molecule has 2 fully saturated rings. The summed E-state index contributed by atoms with van der Waals surface area (Å²) in [7, 11) is 0. The molecule has 1 aromatic rings. The van der Waals surface area contributed by atoms with Gasteiger partial charge in [-0.05, 0) is 31.0 Å². The van der Waals surface area contributed by atoms with Gasteiger partial charge in [0.2, 0.25) is 11.8 Å². The van der Waals surface area contributed by atoms with E-state index in [9.17, 15) is 14.0 Å². The number of carbonyl (C=O) groups is 2. The minimum absolute atomic E-state index is 0.0302. The van der Waals surface area contributed by atoms with Gasteiger partial charge in [-0.3, -0.25) is 9.59 Å². The van der Waals surface area contributed by atoms with Gasteiger partial charge in [0.25, 0.3) is 0 Å². The molecule has 2 heterocycles. The smallest absolute Gasteiger partial charge is 0.242 e. The van der Waals surface area contributed by atoms with E-state index < -0.39 is 0 Å². The number of rotatable bonds is 3. The van der Waals surface area contributed by atoms with Gasteiger partial charge in [0, 0.05) is 32.7 Å². The maximum absolute atomic E-state index is 13.3. The Morgan fingerprint density at radius 3 is 2.77 bits per heavy atom. The van der Waals surface area contributed by atoms with Crippen molar-refractivity contribution in [2.75, 3.05) is 39.3 Å². The van der Waals surface area contributed by atoms with Gasteiger partial charge >= 0.3 is 0 Å². The number of ether oxygens (including phenoxy) is 1. The van der Waals surface area contributed by atoms with Crippen molar-refractivity contribution in [3.05, 3.63) is 35.6 Å². The molecular formula is C19H26FN3O3. The number of nitrogens with zero attached hydrogens (tertiary/aromatic N) is 2. The molecule has 26 heavy (non-hydrogen) atoms. The SMILES string of the molecule is C[C@H]1OCCN[C@@H]1C(=O)N1CCCN(C(=O)Cc2cccc(F)c2)CC1. The Kier molecular flexibility index (Phi) is 6.21. The van der Waals surface area contributed by atoms with E-state index in [0.717, 1.165) is 6.42 Å². The van der Waals surface area contributed by atoms with E-state index >= 15 is 0 Å². The highest BCUT2D eigenvalue weighted by atomic mass is 19.1. The standard InChI is InChI=1S/C19H26FN3O3/c1-14-18(21-6-11-26-14)19(25)23-8-3-7-22(9-10-23)17(24)13-15-4-2-5-16(20)12-15/h2,4-5,12,14,18,21H,3,6-11,13H2,1H3/t14-,18+/m1/s1. The van der Waals surface area contributed by atoms with Gasteiger partial charge in [0.1, 0.15) is 11.9 Å². The van der Waals surface area contributed by atoms with E-state index in [-0.39, 0.29) is 36.2 Å². The number of hydrogen-bond acceptors (Lipinski definition) is 4. The molecule has 7 heteroatoms. The third kappa shape index (κ3) is 4.59. The Bertz CT molecular complexity index is 655. The fourth-order valence-corrected chi connectivity index (χ4v) is 3.53. The van der Waals surface area contributed by atoms with Crippen LogP contribution in [0.2, 0.25) is 0 Å². The van der Waals surface area contributed by atoms with Crippen LogP contribution < -0.4 is 5.32 Å². The number of amides is 2. The fourth-order valence-electron chi connectivity index (χ4n) is 3.53. The number of morpholine rings is 1. The van der Waals surface area contributed by atoms with Crippen molar-refractivity contribution in [2.45, 2.75) is 31.9 Å². The molecule has 3 rings (SSSR count). The number of halogens is 1. The van der Waals surface area contributed by atoms with E-state index in [1.807, 2.05) is 11.8 Å². The molecular weight excluding hydrogens is 337 g/mol. The van der Waals surface area contributed by atoms with Crippen LogP contribution in [0.25, 0.3) is 0 Å². The number of nitrogens with one attached hydrogen (secondary N) is 1. The summed E-state index contributed by atoms with van der Waals surface area (Å²) in [4.78, 5) is 28.9. The Hall–Kier alpha value is -1.99. The molecule has 2 aliphatic heterocycles. The first-order chi connectivity index (χ1) is 12.5. The van der Waals surface area contributed by atoms with E-state index in [2.05, 4.69) is 5.32 Å². The topological polar surface area (TPSA) is 61.9 Å². The molecule has 2 atom stereocenters. The monoisotopic (exact) mass is 363 g/mol. The van der Waals surface area contributed by atoms with Crippen LogP contribution in [-0.2, 0) is 20.7 Å². The molecule has 1 N–H and O–H groups in total. The Morgan fingerprint density at radius 1 is 1.23 bits per heavy atom. The predicted octanol–water partition coefficient (Wildman–Crippen LogP) is 0.806. The lowest BCUT2D eigenvalue weighted by molar-refractivity contribution is -0.140. The highest BCUT2D eigenvalue weighted by Gasteiger charge is 2.32. The summed E-state index contributed by atoms with van der Waals surface area (Å²) < 4.78 is 18.9.